The van der Waals surface area contributed by atoms with Crippen molar-refractivity contribution in [3.8, 4) is 0 Å². The maximum Gasteiger partial charge on any atom is 0.223 e. The number of carbonyl (C=O) groups excluding carboxylic acids is 1. The van der Waals surface area contributed by atoms with Gasteiger partial charge in [-0.1, -0.05) is 24.3 Å². The van der Waals surface area contributed by atoms with Gasteiger partial charge in [0.15, 0.2) is 0 Å². The van der Waals surface area contributed by atoms with Gasteiger partial charge in [0.05, 0.1) is 6.04 Å². The molecule has 3 rings (SSSR count). The van der Waals surface area contributed by atoms with Gasteiger partial charge in [-0.25, -0.2) is 0 Å². The van der Waals surface area contributed by atoms with Gasteiger partial charge in [-0.2, -0.15) is 0 Å². The quantitative estimate of drug-likeness (QED) is 0.926. The Labute approximate surface area is 127 Å². The van der Waals surface area contributed by atoms with Crippen molar-refractivity contribution in [2.24, 2.45) is 5.92 Å². The lowest BCUT2D eigenvalue weighted by Gasteiger charge is -2.29. The molecule has 0 aromatic heterocycles. The van der Waals surface area contributed by atoms with Crippen LogP contribution in [0.15, 0.2) is 24.3 Å². The Morgan fingerprint density at radius 1 is 1.24 bits per heavy atom. The van der Waals surface area contributed by atoms with E-state index >= 15 is 0 Å². The molecule has 114 valence electrons. The van der Waals surface area contributed by atoms with Crippen LogP contribution >= 0.6 is 0 Å². The molecule has 2 aliphatic rings. The summed E-state index contributed by atoms with van der Waals surface area (Å²) in [6, 6.07) is 8.82. The summed E-state index contributed by atoms with van der Waals surface area (Å²) < 4.78 is 0. The van der Waals surface area contributed by atoms with Crippen molar-refractivity contribution < 1.29 is 4.79 Å². The predicted octanol–water partition coefficient (Wildman–Crippen LogP) is 3.05. The van der Waals surface area contributed by atoms with Gasteiger partial charge in [-0.3, -0.25) is 4.79 Å². The lowest BCUT2D eigenvalue weighted by atomic mass is 9.93. The molecule has 0 saturated carbocycles. The molecule has 1 N–H and O–H groups in total. The van der Waals surface area contributed by atoms with E-state index in [-0.39, 0.29) is 0 Å². The summed E-state index contributed by atoms with van der Waals surface area (Å²) in [6.45, 7) is 5.23. The summed E-state index contributed by atoms with van der Waals surface area (Å²) in [5.41, 5.74) is 2.65. The zero-order valence-corrected chi connectivity index (χ0v) is 13.0. The second-order valence-electron chi connectivity index (χ2n) is 6.50. The zero-order valence-electron chi connectivity index (χ0n) is 13.0. The van der Waals surface area contributed by atoms with E-state index in [2.05, 4.69) is 41.4 Å². The number of aryl methyl sites for hydroxylation is 1. The first-order valence-electron chi connectivity index (χ1n) is 8.31. The summed E-state index contributed by atoms with van der Waals surface area (Å²) in [7, 11) is 0. The molecule has 1 aromatic rings. The van der Waals surface area contributed by atoms with Gasteiger partial charge >= 0.3 is 0 Å². The number of hydrogen-bond donors (Lipinski definition) is 1. The van der Waals surface area contributed by atoms with Crippen LogP contribution in [-0.4, -0.2) is 30.4 Å². The average Bonchev–Trinajstić information content (AvgIpc) is 2.98. The molecular formula is C18H26N2O. The predicted molar refractivity (Wildman–Crippen MR) is 85.1 cm³/mol. The summed E-state index contributed by atoms with van der Waals surface area (Å²) in [5, 5.41) is 3.37. The molecule has 3 heteroatoms. The second kappa shape index (κ2) is 6.61. The molecule has 0 radical (unpaired) electrons. The largest absolute Gasteiger partial charge is 0.336 e. The standard InChI is InChI=1S/C18H26N2O/c1-14-5-2-3-6-16(14)17-7-4-12-20(17)18(21)13-15-8-10-19-11-9-15/h2-3,5-6,15,17,19H,4,7-13H2,1H3. The maximum atomic E-state index is 12.7. The number of carbonyl (C=O) groups is 1. The number of likely N-dealkylation sites (tertiary alicyclic amines) is 1. The number of piperidine rings is 1. The van der Waals surface area contributed by atoms with Gasteiger partial charge in [-0.05, 0) is 62.7 Å². The van der Waals surface area contributed by atoms with Gasteiger partial charge < -0.3 is 10.2 Å². The van der Waals surface area contributed by atoms with E-state index < -0.39 is 0 Å². The van der Waals surface area contributed by atoms with Crippen LogP contribution in [0.1, 0.15) is 49.3 Å². The Morgan fingerprint density at radius 2 is 2.00 bits per heavy atom. The lowest BCUT2D eigenvalue weighted by molar-refractivity contribution is -0.133. The second-order valence-corrected chi connectivity index (χ2v) is 6.50. The van der Waals surface area contributed by atoms with Gasteiger partial charge in [0.25, 0.3) is 0 Å². The van der Waals surface area contributed by atoms with Gasteiger partial charge in [-0.15, -0.1) is 0 Å². The third-order valence-electron chi connectivity index (χ3n) is 5.04. The third kappa shape index (κ3) is 3.29. The van der Waals surface area contributed by atoms with Crippen LogP contribution in [0.3, 0.4) is 0 Å². The molecule has 0 aliphatic carbocycles. The first kappa shape index (κ1) is 14.6. The first-order valence-corrected chi connectivity index (χ1v) is 8.31. The number of hydrogen-bond acceptors (Lipinski definition) is 2. The molecular weight excluding hydrogens is 260 g/mol. The van der Waals surface area contributed by atoms with Crippen LogP contribution in [0.25, 0.3) is 0 Å². The maximum absolute atomic E-state index is 12.7. The minimum Gasteiger partial charge on any atom is -0.336 e. The zero-order chi connectivity index (χ0) is 14.7. The Kier molecular flexibility index (Phi) is 4.59. The van der Waals surface area contributed by atoms with E-state index in [1.165, 1.54) is 11.1 Å². The summed E-state index contributed by atoms with van der Waals surface area (Å²) in [6.07, 6.45) is 5.28. The van der Waals surface area contributed by atoms with Crippen molar-refractivity contribution in [2.45, 2.75) is 45.1 Å². The van der Waals surface area contributed by atoms with Crippen LogP contribution in [-0.2, 0) is 4.79 Å². The topological polar surface area (TPSA) is 32.3 Å². The van der Waals surface area contributed by atoms with Crippen LogP contribution in [0.5, 0.6) is 0 Å². The Balaban J connectivity index is 1.68. The number of nitrogens with zero attached hydrogens (tertiary/aromatic N) is 1. The first-order chi connectivity index (χ1) is 10.3. The molecule has 2 saturated heterocycles. The highest BCUT2D eigenvalue weighted by Crippen LogP contribution is 2.34. The molecule has 1 atom stereocenters. The SMILES string of the molecule is Cc1ccccc1C1CCCN1C(=O)CC1CCNCC1. The van der Waals surface area contributed by atoms with Crippen LogP contribution in [0, 0.1) is 12.8 Å². The van der Waals surface area contributed by atoms with Crippen molar-refractivity contribution in [3.05, 3.63) is 35.4 Å². The average molecular weight is 286 g/mol. The van der Waals surface area contributed by atoms with Crippen molar-refractivity contribution >= 4 is 5.91 Å². The molecule has 1 amide bonds. The van der Waals surface area contributed by atoms with Crippen LogP contribution < -0.4 is 5.32 Å². The van der Waals surface area contributed by atoms with E-state index in [0.717, 1.165) is 51.7 Å². The number of rotatable bonds is 3. The van der Waals surface area contributed by atoms with E-state index in [1.807, 2.05) is 0 Å². The van der Waals surface area contributed by atoms with Crippen LogP contribution in [0.4, 0.5) is 0 Å². The fourth-order valence-corrected chi connectivity index (χ4v) is 3.80. The smallest absolute Gasteiger partial charge is 0.223 e. The van der Waals surface area contributed by atoms with Crippen LogP contribution in [0.2, 0.25) is 0 Å². The van der Waals surface area contributed by atoms with Crippen molar-refractivity contribution in [1.29, 1.82) is 0 Å². The van der Waals surface area contributed by atoms with E-state index in [1.54, 1.807) is 0 Å². The van der Waals surface area contributed by atoms with Crippen molar-refractivity contribution in [3.63, 3.8) is 0 Å². The Hall–Kier alpha value is -1.35. The van der Waals surface area contributed by atoms with Crippen molar-refractivity contribution in [2.75, 3.05) is 19.6 Å². The molecule has 2 aliphatic heterocycles. The highest BCUT2D eigenvalue weighted by Gasteiger charge is 2.31. The molecule has 1 unspecified atom stereocenters. The molecule has 0 spiro atoms. The normalized spacial score (nSPS) is 23.5. The number of nitrogens with one attached hydrogen (secondary N) is 1. The molecule has 2 heterocycles. The fourth-order valence-electron chi connectivity index (χ4n) is 3.80. The monoisotopic (exact) mass is 286 g/mol. The number of benzene rings is 1. The minimum atomic E-state index is 0.306. The van der Waals surface area contributed by atoms with Gasteiger partial charge in [0.1, 0.15) is 0 Å². The molecule has 2 fully saturated rings. The van der Waals surface area contributed by atoms with E-state index in [0.29, 0.717) is 17.9 Å². The summed E-state index contributed by atoms with van der Waals surface area (Å²) >= 11 is 0. The minimum absolute atomic E-state index is 0.306. The van der Waals surface area contributed by atoms with E-state index in [9.17, 15) is 4.79 Å². The molecule has 3 nitrogen and oxygen atoms in total. The van der Waals surface area contributed by atoms with E-state index in [4.69, 9.17) is 0 Å². The Morgan fingerprint density at radius 3 is 2.76 bits per heavy atom. The fraction of sp³-hybridized carbons (Fsp3) is 0.611. The number of amides is 1. The molecule has 0 bridgehead atoms. The van der Waals surface area contributed by atoms with Gasteiger partial charge in [0.2, 0.25) is 5.91 Å². The highest BCUT2D eigenvalue weighted by molar-refractivity contribution is 5.77. The van der Waals surface area contributed by atoms with Gasteiger partial charge in [0, 0.05) is 13.0 Å². The summed E-state index contributed by atoms with van der Waals surface area (Å²) in [5.74, 6) is 0.949. The Bertz CT molecular complexity index is 494. The van der Waals surface area contributed by atoms with Crippen molar-refractivity contribution in [1.82, 2.24) is 10.2 Å². The molecule has 1 aromatic carbocycles. The summed E-state index contributed by atoms with van der Waals surface area (Å²) in [4.78, 5) is 14.9. The molecule has 21 heavy (non-hydrogen) atoms. The third-order valence-corrected chi connectivity index (χ3v) is 5.04. The lowest BCUT2D eigenvalue weighted by Crippen LogP contribution is -2.35. The highest BCUT2D eigenvalue weighted by atomic mass is 16.2.